The molecule has 1 heterocycles. The second kappa shape index (κ2) is 12.3. The SMILES string of the molecule is COc1cc(C(=O)NCCN2CCNCC2)cc(OC)c1OCc1ccccc1.Cl. The first kappa shape index (κ1) is 23.8. The van der Waals surface area contributed by atoms with E-state index in [1.807, 2.05) is 30.3 Å². The lowest BCUT2D eigenvalue weighted by Crippen LogP contribution is -2.46. The van der Waals surface area contributed by atoms with Crippen LogP contribution in [0.3, 0.4) is 0 Å². The molecule has 164 valence electrons. The molecule has 2 aromatic carbocycles. The number of rotatable bonds is 9. The van der Waals surface area contributed by atoms with E-state index in [1.165, 1.54) is 0 Å². The van der Waals surface area contributed by atoms with Crippen molar-refractivity contribution in [2.45, 2.75) is 6.61 Å². The Kier molecular flexibility index (Phi) is 9.73. The van der Waals surface area contributed by atoms with E-state index in [-0.39, 0.29) is 18.3 Å². The van der Waals surface area contributed by atoms with Crippen LogP contribution in [0.2, 0.25) is 0 Å². The molecule has 30 heavy (non-hydrogen) atoms. The maximum absolute atomic E-state index is 12.6. The molecular weight excluding hydrogens is 406 g/mol. The van der Waals surface area contributed by atoms with Crippen LogP contribution in [0.15, 0.2) is 42.5 Å². The number of halogens is 1. The van der Waals surface area contributed by atoms with Crippen LogP contribution in [0.4, 0.5) is 0 Å². The van der Waals surface area contributed by atoms with Crippen LogP contribution in [-0.2, 0) is 6.61 Å². The molecule has 0 saturated carbocycles. The molecule has 1 amide bonds. The molecule has 2 N–H and O–H groups in total. The molecular formula is C22H30ClN3O4. The van der Waals surface area contributed by atoms with Crippen LogP contribution in [0.5, 0.6) is 17.2 Å². The van der Waals surface area contributed by atoms with Crippen LogP contribution in [0.25, 0.3) is 0 Å². The first-order valence-electron chi connectivity index (χ1n) is 9.85. The van der Waals surface area contributed by atoms with Gasteiger partial charge in [0.05, 0.1) is 14.2 Å². The van der Waals surface area contributed by atoms with Gasteiger partial charge in [0.1, 0.15) is 6.61 Å². The minimum absolute atomic E-state index is 0. The van der Waals surface area contributed by atoms with Crippen LogP contribution in [0, 0.1) is 0 Å². The van der Waals surface area contributed by atoms with E-state index >= 15 is 0 Å². The van der Waals surface area contributed by atoms with Crippen LogP contribution >= 0.6 is 12.4 Å². The molecule has 1 aliphatic heterocycles. The van der Waals surface area contributed by atoms with Gasteiger partial charge in [-0.3, -0.25) is 9.69 Å². The fourth-order valence-electron chi connectivity index (χ4n) is 3.25. The van der Waals surface area contributed by atoms with Crippen molar-refractivity contribution in [3.05, 3.63) is 53.6 Å². The van der Waals surface area contributed by atoms with Gasteiger partial charge >= 0.3 is 0 Å². The summed E-state index contributed by atoms with van der Waals surface area (Å²) in [4.78, 5) is 15.0. The van der Waals surface area contributed by atoms with E-state index in [0.29, 0.717) is 36.0 Å². The predicted octanol–water partition coefficient (Wildman–Crippen LogP) is 2.34. The number of hydrogen-bond donors (Lipinski definition) is 2. The highest BCUT2D eigenvalue weighted by Gasteiger charge is 2.18. The van der Waals surface area contributed by atoms with Crippen molar-refractivity contribution < 1.29 is 19.0 Å². The number of hydrogen-bond acceptors (Lipinski definition) is 6. The average molecular weight is 436 g/mol. The lowest BCUT2D eigenvalue weighted by atomic mass is 10.1. The normalized spacial score (nSPS) is 13.8. The Balaban J connectivity index is 0.00000320. The highest BCUT2D eigenvalue weighted by Crippen LogP contribution is 2.39. The van der Waals surface area contributed by atoms with Crippen LogP contribution < -0.4 is 24.8 Å². The molecule has 0 bridgehead atoms. The lowest BCUT2D eigenvalue weighted by Gasteiger charge is -2.27. The first-order chi connectivity index (χ1) is 14.2. The first-order valence-corrected chi connectivity index (χ1v) is 9.85. The van der Waals surface area contributed by atoms with Gasteiger partial charge in [0.25, 0.3) is 5.91 Å². The van der Waals surface area contributed by atoms with Gasteiger partial charge in [-0.25, -0.2) is 0 Å². The molecule has 7 nitrogen and oxygen atoms in total. The molecule has 0 atom stereocenters. The minimum Gasteiger partial charge on any atom is -0.493 e. The van der Waals surface area contributed by atoms with Crippen molar-refractivity contribution in [2.75, 3.05) is 53.5 Å². The number of nitrogens with one attached hydrogen (secondary N) is 2. The zero-order valence-electron chi connectivity index (χ0n) is 17.5. The summed E-state index contributed by atoms with van der Waals surface area (Å²) in [6.45, 7) is 5.80. The quantitative estimate of drug-likeness (QED) is 0.630. The van der Waals surface area contributed by atoms with E-state index in [2.05, 4.69) is 15.5 Å². The van der Waals surface area contributed by atoms with Gasteiger partial charge in [-0.1, -0.05) is 30.3 Å². The van der Waals surface area contributed by atoms with E-state index in [1.54, 1.807) is 26.4 Å². The van der Waals surface area contributed by atoms with E-state index < -0.39 is 0 Å². The van der Waals surface area contributed by atoms with Gasteiger partial charge in [-0.05, 0) is 17.7 Å². The van der Waals surface area contributed by atoms with Crippen molar-refractivity contribution >= 4 is 18.3 Å². The zero-order chi connectivity index (χ0) is 20.5. The van der Waals surface area contributed by atoms with Crippen molar-refractivity contribution in [1.29, 1.82) is 0 Å². The summed E-state index contributed by atoms with van der Waals surface area (Å²) in [5.41, 5.74) is 1.51. The van der Waals surface area contributed by atoms with E-state index in [0.717, 1.165) is 38.3 Å². The number of carbonyl (C=O) groups excluding carboxylic acids is 1. The number of piperazine rings is 1. The molecule has 0 aromatic heterocycles. The second-order valence-corrected chi connectivity index (χ2v) is 6.83. The van der Waals surface area contributed by atoms with Gasteiger partial charge < -0.3 is 24.8 Å². The van der Waals surface area contributed by atoms with Crippen molar-refractivity contribution in [1.82, 2.24) is 15.5 Å². The molecule has 1 saturated heterocycles. The standard InChI is InChI=1S/C22H29N3O4.ClH/c1-27-19-14-18(22(26)24-10-13-25-11-8-23-9-12-25)15-20(28-2)21(19)29-16-17-6-4-3-5-7-17;/h3-7,14-15,23H,8-13,16H2,1-2H3,(H,24,26);1H. The number of carbonyl (C=O) groups is 1. The van der Waals surface area contributed by atoms with E-state index in [9.17, 15) is 4.79 Å². The summed E-state index contributed by atoms with van der Waals surface area (Å²) in [6, 6.07) is 13.2. The van der Waals surface area contributed by atoms with Gasteiger partial charge in [0.2, 0.25) is 5.75 Å². The number of amides is 1. The highest BCUT2D eigenvalue weighted by atomic mass is 35.5. The Hall–Kier alpha value is -2.48. The second-order valence-electron chi connectivity index (χ2n) is 6.83. The Labute approximate surface area is 184 Å². The Morgan fingerprint density at radius 3 is 2.30 bits per heavy atom. The predicted molar refractivity (Wildman–Crippen MR) is 119 cm³/mol. The fourth-order valence-corrected chi connectivity index (χ4v) is 3.25. The van der Waals surface area contributed by atoms with Crippen molar-refractivity contribution in [3.63, 3.8) is 0 Å². The summed E-state index contributed by atoms with van der Waals surface area (Å²) in [5, 5.41) is 6.30. The van der Waals surface area contributed by atoms with Crippen molar-refractivity contribution in [2.24, 2.45) is 0 Å². The summed E-state index contributed by atoms with van der Waals surface area (Å²) >= 11 is 0. The smallest absolute Gasteiger partial charge is 0.251 e. The fraction of sp³-hybridized carbons (Fsp3) is 0.409. The number of ether oxygens (including phenoxy) is 3. The minimum atomic E-state index is -0.161. The summed E-state index contributed by atoms with van der Waals surface area (Å²) in [6.07, 6.45) is 0. The molecule has 8 heteroatoms. The molecule has 1 fully saturated rings. The average Bonchev–Trinajstić information content (AvgIpc) is 2.78. The monoisotopic (exact) mass is 435 g/mol. The molecule has 0 spiro atoms. The number of nitrogens with zero attached hydrogens (tertiary/aromatic N) is 1. The van der Waals surface area contributed by atoms with Gasteiger partial charge in [0.15, 0.2) is 11.5 Å². The summed E-state index contributed by atoms with van der Waals surface area (Å²) in [5.74, 6) is 1.25. The Morgan fingerprint density at radius 1 is 1.07 bits per heavy atom. The maximum Gasteiger partial charge on any atom is 0.251 e. The third kappa shape index (κ3) is 6.52. The third-order valence-electron chi connectivity index (χ3n) is 4.87. The molecule has 0 radical (unpaired) electrons. The summed E-state index contributed by atoms with van der Waals surface area (Å²) in [7, 11) is 3.10. The third-order valence-corrected chi connectivity index (χ3v) is 4.87. The Morgan fingerprint density at radius 2 is 1.70 bits per heavy atom. The highest BCUT2D eigenvalue weighted by molar-refractivity contribution is 5.95. The zero-order valence-corrected chi connectivity index (χ0v) is 18.3. The summed E-state index contributed by atoms with van der Waals surface area (Å²) < 4.78 is 16.9. The van der Waals surface area contributed by atoms with Gasteiger partial charge in [-0.15, -0.1) is 12.4 Å². The number of benzene rings is 2. The molecule has 1 aliphatic rings. The topological polar surface area (TPSA) is 72.1 Å². The number of methoxy groups -OCH3 is 2. The lowest BCUT2D eigenvalue weighted by molar-refractivity contribution is 0.0946. The molecule has 0 aliphatic carbocycles. The van der Waals surface area contributed by atoms with Crippen molar-refractivity contribution in [3.8, 4) is 17.2 Å². The van der Waals surface area contributed by atoms with E-state index in [4.69, 9.17) is 14.2 Å². The van der Waals surface area contributed by atoms with Crippen LogP contribution in [0.1, 0.15) is 15.9 Å². The molecule has 3 rings (SSSR count). The van der Waals surface area contributed by atoms with Gasteiger partial charge in [0, 0.05) is 44.8 Å². The van der Waals surface area contributed by atoms with Gasteiger partial charge in [-0.2, -0.15) is 0 Å². The maximum atomic E-state index is 12.6. The molecule has 0 unspecified atom stereocenters. The largest absolute Gasteiger partial charge is 0.493 e. The van der Waals surface area contributed by atoms with Crippen LogP contribution in [-0.4, -0.2) is 64.3 Å². The Bertz CT molecular complexity index is 773. The molecule has 2 aromatic rings.